The van der Waals surface area contributed by atoms with Crippen LogP contribution in [0.2, 0.25) is 10.0 Å². The first-order chi connectivity index (χ1) is 11.7. The highest BCUT2D eigenvalue weighted by molar-refractivity contribution is 7.92. The van der Waals surface area contributed by atoms with E-state index in [0.29, 0.717) is 34.5 Å². The van der Waals surface area contributed by atoms with Crippen molar-refractivity contribution in [3.8, 4) is 0 Å². The summed E-state index contributed by atoms with van der Waals surface area (Å²) in [5, 5.41) is 0.720. The Morgan fingerprint density at radius 3 is 2.72 bits per heavy atom. The number of carbonyl (C=O) groups excluding carboxylic acids is 1. The number of likely N-dealkylation sites (tertiary alicyclic amines) is 1. The molecule has 2 rings (SSSR count). The van der Waals surface area contributed by atoms with Crippen molar-refractivity contribution in [2.24, 2.45) is 5.92 Å². The number of amides is 1. The molecule has 1 aromatic carbocycles. The molecule has 1 heterocycles. The molecule has 1 fully saturated rings. The molecule has 1 amide bonds. The van der Waals surface area contributed by atoms with E-state index in [4.69, 9.17) is 23.2 Å². The topological polar surface area (TPSA) is 57.7 Å². The molecule has 0 bridgehead atoms. The number of anilines is 1. The lowest BCUT2D eigenvalue weighted by Crippen LogP contribution is -2.39. The Labute approximate surface area is 159 Å². The summed E-state index contributed by atoms with van der Waals surface area (Å²) in [6, 6.07) is 4.70. The molecule has 8 heteroatoms. The van der Waals surface area contributed by atoms with Crippen LogP contribution in [0, 0.1) is 5.92 Å². The molecule has 0 saturated carbocycles. The molecule has 1 atom stereocenters. The highest BCUT2D eigenvalue weighted by Crippen LogP contribution is 2.31. The predicted molar refractivity (Wildman–Crippen MR) is 103 cm³/mol. The van der Waals surface area contributed by atoms with Crippen molar-refractivity contribution in [2.45, 2.75) is 32.6 Å². The molecular formula is C17H24Cl2N2O3S. The average Bonchev–Trinajstić information content (AvgIpc) is 2.53. The largest absolute Gasteiger partial charge is 0.342 e. The first kappa shape index (κ1) is 20.3. The van der Waals surface area contributed by atoms with Gasteiger partial charge in [-0.25, -0.2) is 8.42 Å². The summed E-state index contributed by atoms with van der Waals surface area (Å²) in [5.41, 5.74) is 0.343. The third-order valence-corrected chi connectivity index (χ3v) is 6.07. The maximum atomic E-state index is 12.3. The van der Waals surface area contributed by atoms with Gasteiger partial charge in [-0.2, -0.15) is 0 Å². The number of piperidine rings is 1. The summed E-state index contributed by atoms with van der Waals surface area (Å²) in [6.45, 7) is 3.91. The van der Waals surface area contributed by atoms with Crippen molar-refractivity contribution >= 4 is 44.8 Å². The summed E-state index contributed by atoms with van der Waals surface area (Å²) < 4.78 is 25.5. The molecule has 5 nitrogen and oxygen atoms in total. The maximum absolute atomic E-state index is 12.3. The summed E-state index contributed by atoms with van der Waals surface area (Å²) in [5.74, 6) is 0.604. The number of nitrogens with zero attached hydrogens (tertiary/aromatic N) is 2. The van der Waals surface area contributed by atoms with Gasteiger partial charge in [-0.1, -0.05) is 30.1 Å². The minimum atomic E-state index is -3.52. The second kappa shape index (κ2) is 8.60. The van der Waals surface area contributed by atoms with Gasteiger partial charge in [-0.05, 0) is 43.4 Å². The van der Waals surface area contributed by atoms with E-state index in [0.717, 1.165) is 32.2 Å². The van der Waals surface area contributed by atoms with Gasteiger partial charge in [0.1, 0.15) is 0 Å². The number of halogens is 2. The minimum absolute atomic E-state index is 0.0807. The van der Waals surface area contributed by atoms with E-state index < -0.39 is 10.0 Å². The summed E-state index contributed by atoms with van der Waals surface area (Å²) in [6.07, 6.45) is 4.05. The van der Waals surface area contributed by atoms with Crippen LogP contribution in [0.4, 0.5) is 5.69 Å². The van der Waals surface area contributed by atoms with Crippen LogP contribution in [0.15, 0.2) is 18.2 Å². The summed E-state index contributed by atoms with van der Waals surface area (Å²) >= 11 is 12.1. The molecule has 25 heavy (non-hydrogen) atoms. The predicted octanol–water partition coefficient (Wildman–Crippen LogP) is 3.80. The van der Waals surface area contributed by atoms with Gasteiger partial charge < -0.3 is 4.90 Å². The highest BCUT2D eigenvalue weighted by Gasteiger charge is 2.23. The number of benzene rings is 1. The zero-order valence-electron chi connectivity index (χ0n) is 14.5. The Balaban J connectivity index is 2.02. The molecule has 0 aromatic heterocycles. The summed E-state index contributed by atoms with van der Waals surface area (Å²) in [7, 11) is -3.52. The molecule has 1 aromatic rings. The Kier molecular flexibility index (Phi) is 7.00. The summed E-state index contributed by atoms with van der Waals surface area (Å²) in [4.78, 5) is 14.2. The van der Waals surface area contributed by atoms with E-state index in [2.05, 4.69) is 6.92 Å². The Morgan fingerprint density at radius 2 is 2.08 bits per heavy atom. The molecule has 1 aliphatic heterocycles. The Hall–Kier alpha value is -0.980. The normalized spacial score (nSPS) is 18.2. The van der Waals surface area contributed by atoms with Crippen LogP contribution >= 0.6 is 23.2 Å². The van der Waals surface area contributed by atoms with Gasteiger partial charge >= 0.3 is 0 Å². The third kappa shape index (κ3) is 5.76. The molecule has 0 N–H and O–H groups in total. The zero-order chi connectivity index (χ0) is 18.6. The third-order valence-electron chi connectivity index (χ3n) is 4.34. The van der Waals surface area contributed by atoms with E-state index in [1.807, 2.05) is 4.90 Å². The quantitative estimate of drug-likeness (QED) is 0.721. The molecule has 1 saturated heterocycles. The van der Waals surface area contributed by atoms with Crippen molar-refractivity contribution < 1.29 is 13.2 Å². The van der Waals surface area contributed by atoms with E-state index >= 15 is 0 Å². The molecular weight excluding hydrogens is 383 g/mol. The molecule has 1 aliphatic rings. The highest BCUT2D eigenvalue weighted by atomic mass is 35.5. The standard InChI is InChI=1S/C17H24Cl2N2O3S/c1-13-5-3-9-20(12-13)17(22)6-4-10-21(25(2,23)24)16-11-14(18)7-8-15(16)19/h7-8,11,13H,3-6,9-10,12H2,1-2H3/t13-/m0/s1. The van der Waals surface area contributed by atoms with Gasteiger partial charge in [-0.15, -0.1) is 0 Å². The van der Waals surface area contributed by atoms with Crippen LogP contribution in [-0.4, -0.2) is 45.1 Å². The molecule has 0 spiro atoms. The number of carbonyl (C=O) groups is 1. The van der Waals surface area contributed by atoms with Crippen LogP contribution in [0.3, 0.4) is 0 Å². The van der Waals surface area contributed by atoms with Crippen LogP contribution in [0.5, 0.6) is 0 Å². The lowest BCUT2D eigenvalue weighted by molar-refractivity contribution is -0.132. The number of hydrogen-bond acceptors (Lipinski definition) is 3. The first-order valence-electron chi connectivity index (χ1n) is 8.39. The lowest BCUT2D eigenvalue weighted by atomic mass is 10.00. The van der Waals surface area contributed by atoms with Crippen molar-refractivity contribution in [1.82, 2.24) is 4.90 Å². The second-order valence-electron chi connectivity index (χ2n) is 6.62. The van der Waals surface area contributed by atoms with Crippen LogP contribution in [0.25, 0.3) is 0 Å². The van der Waals surface area contributed by atoms with Crippen molar-refractivity contribution in [3.05, 3.63) is 28.2 Å². The van der Waals surface area contributed by atoms with Crippen LogP contribution < -0.4 is 4.31 Å². The van der Waals surface area contributed by atoms with Gasteiger partial charge in [0.15, 0.2) is 0 Å². The van der Waals surface area contributed by atoms with Crippen molar-refractivity contribution in [1.29, 1.82) is 0 Å². The molecule has 140 valence electrons. The van der Waals surface area contributed by atoms with E-state index in [-0.39, 0.29) is 12.5 Å². The number of hydrogen-bond donors (Lipinski definition) is 0. The van der Waals surface area contributed by atoms with Gasteiger partial charge in [0.25, 0.3) is 0 Å². The molecule has 0 aliphatic carbocycles. The molecule has 0 unspecified atom stereocenters. The van der Waals surface area contributed by atoms with Crippen LogP contribution in [0.1, 0.15) is 32.6 Å². The monoisotopic (exact) mass is 406 g/mol. The maximum Gasteiger partial charge on any atom is 0.232 e. The first-order valence-corrected chi connectivity index (χ1v) is 11.0. The van der Waals surface area contributed by atoms with E-state index in [1.54, 1.807) is 12.1 Å². The fourth-order valence-electron chi connectivity index (χ4n) is 3.09. The zero-order valence-corrected chi connectivity index (χ0v) is 16.9. The van der Waals surface area contributed by atoms with Gasteiger partial charge in [0.2, 0.25) is 15.9 Å². The fourth-order valence-corrected chi connectivity index (χ4v) is 4.49. The average molecular weight is 407 g/mol. The Bertz CT molecular complexity index is 725. The van der Waals surface area contributed by atoms with Gasteiger partial charge in [0.05, 0.1) is 17.0 Å². The Morgan fingerprint density at radius 1 is 1.36 bits per heavy atom. The van der Waals surface area contributed by atoms with Gasteiger partial charge in [-0.3, -0.25) is 9.10 Å². The van der Waals surface area contributed by atoms with Crippen molar-refractivity contribution in [2.75, 3.05) is 30.2 Å². The SMILES string of the molecule is C[C@H]1CCCN(C(=O)CCCN(c2cc(Cl)ccc2Cl)S(C)(=O)=O)C1. The van der Waals surface area contributed by atoms with Gasteiger partial charge in [0, 0.05) is 31.1 Å². The minimum Gasteiger partial charge on any atom is -0.342 e. The smallest absolute Gasteiger partial charge is 0.232 e. The fraction of sp³-hybridized carbons (Fsp3) is 0.588. The van der Waals surface area contributed by atoms with E-state index in [9.17, 15) is 13.2 Å². The van der Waals surface area contributed by atoms with Crippen LogP contribution in [-0.2, 0) is 14.8 Å². The lowest BCUT2D eigenvalue weighted by Gasteiger charge is -2.31. The number of rotatable bonds is 6. The molecule has 0 radical (unpaired) electrons. The van der Waals surface area contributed by atoms with Crippen molar-refractivity contribution in [3.63, 3.8) is 0 Å². The number of sulfonamides is 1. The second-order valence-corrected chi connectivity index (χ2v) is 9.37. The van der Waals surface area contributed by atoms with E-state index in [1.165, 1.54) is 10.4 Å².